The van der Waals surface area contributed by atoms with E-state index in [0.29, 0.717) is 5.75 Å². The molecule has 1 fully saturated rings. The molecule has 0 bridgehead atoms. The predicted molar refractivity (Wildman–Crippen MR) is 43.2 cm³/mol. The van der Waals surface area contributed by atoms with E-state index in [1.165, 1.54) is 0 Å². The Morgan fingerprint density at radius 3 is 2.45 bits per heavy atom. The third-order valence-corrected chi connectivity index (χ3v) is 2.23. The summed E-state index contributed by atoms with van der Waals surface area (Å²) in [5, 5.41) is 9.41. The molecule has 0 amide bonds. The van der Waals surface area contributed by atoms with Gasteiger partial charge in [0.25, 0.3) is 0 Å². The van der Waals surface area contributed by atoms with Gasteiger partial charge in [-0.3, -0.25) is 0 Å². The Labute approximate surface area is 65.7 Å². The van der Waals surface area contributed by atoms with Gasteiger partial charge in [0.1, 0.15) is 5.75 Å². The fourth-order valence-electron chi connectivity index (χ4n) is 1.30. The van der Waals surface area contributed by atoms with Gasteiger partial charge in [0.2, 0.25) is 0 Å². The van der Waals surface area contributed by atoms with E-state index in [9.17, 15) is 5.11 Å². The minimum Gasteiger partial charge on any atom is -0.508 e. The van der Waals surface area contributed by atoms with Crippen molar-refractivity contribution in [1.82, 2.24) is 0 Å². The first-order valence-electron chi connectivity index (χ1n) is 3.80. The van der Waals surface area contributed by atoms with Crippen LogP contribution in [0.5, 0.6) is 5.75 Å². The van der Waals surface area contributed by atoms with Crippen LogP contribution >= 0.6 is 0 Å². The molecule has 0 saturated heterocycles. The molecular formula is C9H11NO. The lowest BCUT2D eigenvalue weighted by Gasteiger charge is -2.09. The van der Waals surface area contributed by atoms with Crippen LogP contribution in [0.25, 0.3) is 0 Å². The molecule has 0 heterocycles. The molecule has 0 aromatic heterocycles. The zero-order chi connectivity index (χ0) is 7.90. The molecule has 1 aromatic carbocycles. The van der Waals surface area contributed by atoms with E-state index in [1.807, 2.05) is 18.2 Å². The Balaban J connectivity index is 2.45. The standard InChI is InChI=1S/C9H11NO/c10-9(5-6-9)7-3-1-2-4-8(7)11/h1-4,11H,5-6,10H2. The highest BCUT2D eigenvalue weighted by Gasteiger charge is 2.41. The van der Waals surface area contributed by atoms with Gasteiger partial charge in [0.15, 0.2) is 0 Å². The minimum absolute atomic E-state index is 0.217. The van der Waals surface area contributed by atoms with Crippen molar-refractivity contribution in [2.75, 3.05) is 0 Å². The average molecular weight is 149 g/mol. The summed E-state index contributed by atoms with van der Waals surface area (Å²) in [7, 11) is 0. The number of rotatable bonds is 1. The van der Waals surface area contributed by atoms with Crippen molar-refractivity contribution in [2.45, 2.75) is 18.4 Å². The number of para-hydroxylation sites is 1. The van der Waals surface area contributed by atoms with Gasteiger partial charge in [0, 0.05) is 11.1 Å². The van der Waals surface area contributed by atoms with Gasteiger partial charge in [-0.25, -0.2) is 0 Å². The molecule has 2 heteroatoms. The van der Waals surface area contributed by atoms with Crippen molar-refractivity contribution in [3.8, 4) is 5.75 Å². The molecule has 0 spiro atoms. The van der Waals surface area contributed by atoms with Crippen molar-refractivity contribution in [3.63, 3.8) is 0 Å². The number of benzene rings is 1. The molecule has 0 atom stereocenters. The van der Waals surface area contributed by atoms with E-state index >= 15 is 0 Å². The summed E-state index contributed by atoms with van der Waals surface area (Å²) in [5.74, 6) is 0.326. The average Bonchev–Trinajstić information content (AvgIpc) is 2.70. The zero-order valence-electron chi connectivity index (χ0n) is 6.25. The molecule has 1 aliphatic rings. The van der Waals surface area contributed by atoms with Crippen LogP contribution in [-0.2, 0) is 5.54 Å². The lowest BCUT2D eigenvalue weighted by Crippen LogP contribution is -2.18. The second-order valence-electron chi connectivity index (χ2n) is 3.17. The lowest BCUT2D eigenvalue weighted by molar-refractivity contribution is 0.460. The van der Waals surface area contributed by atoms with E-state index in [-0.39, 0.29) is 5.54 Å². The van der Waals surface area contributed by atoms with Crippen LogP contribution in [0.2, 0.25) is 0 Å². The van der Waals surface area contributed by atoms with Crippen LogP contribution in [0.3, 0.4) is 0 Å². The first-order valence-corrected chi connectivity index (χ1v) is 3.80. The van der Waals surface area contributed by atoms with Crippen molar-refractivity contribution in [1.29, 1.82) is 0 Å². The SMILES string of the molecule is NC1(c2ccccc2O)CC1. The fraction of sp³-hybridized carbons (Fsp3) is 0.333. The van der Waals surface area contributed by atoms with Gasteiger partial charge in [-0.05, 0) is 18.9 Å². The van der Waals surface area contributed by atoms with Crippen LogP contribution in [-0.4, -0.2) is 5.11 Å². The van der Waals surface area contributed by atoms with Crippen LogP contribution < -0.4 is 5.73 Å². The Kier molecular flexibility index (Phi) is 1.20. The van der Waals surface area contributed by atoms with Gasteiger partial charge in [-0.15, -0.1) is 0 Å². The Hall–Kier alpha value is -1.02. The largest absolute Gasteiger partial charge is 0.508 e. The monoisotopic (exact) mass is 149 g/mol. The summed E-state index contributed by atoms with van der Waals surface area (Å²) in [6.07, 6.45) is 1.98. The summed E-state index contributed by atoms with van der Waals surface area (Å²) < 4.78 is 0. The van der Waals surface area contributed by atoms with E-state index in [0.717, 1.165) is 18.4 Å². The summed E-state index contributed by atoms with van der Waals surface area (Å²) in [6, 6.07) is 7.29. The molecule has 1 saturated carbocycles. The Morgan fingerprint density at radius 2 is 1.91 bits per heavy atom. The van der Waals surface area contributed by atoms with Crippen molar-refractivity contribution in [3.05, 3.63) is 29.8 Å². The van der Waals surface area contributed by atoms with Crippen LogP contribution in [0, 0.1) is 0 Å². The van der Waals surface area contributed by atoms with Crippen molar-refractivity contribution < 1.29 is 5.11 Å². The molecule has 1 aliphatic carbocycles. The van der Waals surface area contributed by atoms with Crippen molar-refractivity contribution in [2.24, 2.45) is 5.73 Å². The van der Waals surface area contributed by atoms with Gasteiger partial charge in [-0.1, -0.05) is 18.2 Å². The third kappa shape index (κ3) is 0.994. The maximum Gasteiger partial charge on any atom is 0.120 e. The molecular weight excluding hydrogens is 138 g/mol. The topological polar surface area (TPSA) is 46.2 Å². The number of aromatic hydroxyl groups is 1. The first-order chi connectivity index (χ1) is 5.22. The maximum absolute atomic E-state index is 9.41. The summed E-state index contributed by atoms with van der Waals surface area (Å²) in [4.78, 5) is 0. The number of phenolic OH excluding ortho intramolecular Hbond substituents is 1. The summed E-state index contributed by atoms with van der Waals surface area (Å²) in [5.41, 5.74) is 6.58. The molecule has 0 radical (unpaired) electrons. The highest BCUT2D eigenvalue weighted by atomic mass is 16.3. The first kappa shape index (κ1) is 6.68. The van der Waals surface area contributed by atoms with Gasteiger partial charge in [-0.2, -0.15) is 0 Å². The zero-order valence-corrected chi connectivity index (χ0v) is 6.25. The highest BCUT2D eigenvalue weighted by Crippen LogP contribution is 2.45. The molecule has 3 N–H and O–H groups in total. The lowest BCUT2D eigenvalue weighted by atomic mass is 10.1. The van der Waals surface area contributed by atoms with Gasteiger partial charge in [0.05, 0.1) is 0 Å². The van der Waals surface area contributed by atoms with Crippen molar-refractivity contribution >= 4 is 0 Å². The second-order valence-corrected chi connectivity index (χ2v) is 3.17. The quantitative estimate of drug-likeness (QED) is 0.633. The van der Waals surface area contributed by atoms with Crippen LogP contribution in [0.4, 0.5) is 0 Å². The van der Waals surface area contributed by atoms with E-state index in [1.54, 1.807) is 6.07 Å². The van der Waals surface area contributed by atoms with E-state index in [2.05, 4.69) is 0 Å². The molecule has 58 valence electrons. The summed E-state index contributed by atoms with van der Waals surface area (Å²) >= 11 is 0. The molecule has 11 heavy (non-hydrogen) atoms. The summed E-state index contributed by atoms with van der Waals surface area (Å²) in [6.45, 7) is 0. The van der Waals surface area contributed by atoms with Gasteiger partial charge < -0.3 is 10.8 Å². The second kappa shape index (κ2) is 1.98. The van der Waals surface area contributed by atoms with Crippen LogP contribution in [0.15, 0.2) is 24.3 Å². The minimum atomic E-state index is -0.217. The van der Waals surface area contributed by atoms with E-state index < -0.39 is 0 Å². The fourth-order valence-corrected chi connectivity index (χ4v) is 1.30. The van der Waals surface area contributed by atoms with E-state index in [4.69, 9.17) is 5.73 Å². The Morgan fingerprint density at radius 1 is 1.27 bits per heavy atom. The number of hydrogen-bond donors (Lipinski definition) is 2. The normalized spacial score (nSPS) is 19.7. The highest BCUT2D eigenvalue weighted by molar-refractivity contribution is 5.40. The predicted octanol–water partition coefficient (Wildman–Crippen LogP) is 1.34. The Bertz CT molecular complexity index is 279. The number of hydrogen-bond acceptors (Lipinski definition) is 2. The molecule has 2 rings (SSSR count). The van der Waals surface area contributed by atoms with Crippen LogP contribution in [0.1, 0.15) is 18.4 Å². The van der Waals surface area contributed by atoms with Gasteiger partial charge >= 0.3 is 0 Å². The maximum atomic E-state index is 9.41. The molecule has 0 unspecified atom stereocenters. The molecule has 0 aliphatic heterocycles. The number of nitrogens with two attached hydrogens (primary N) is 1. The smallest absolute Gasteiger partial charge is 0.120 e. The molecule has 2 nitrogen and oxygen atoms in total. The third-order valence-electron chi connectivity index (χ3n) is 2.23. The molecule has 1 aromatic rings. The number of phenols is 1.